The predicted molar refractivity (Wildman–Crippen MR) is 89.5 cm³/mol. The van der Waals surface area contributed by atoms with Gasteiger partial charge in [-0.1, -0.05) is 30.3 Å². The highest BCUT2D eigenvalue weighted by atomic mass is 16.3. The van der Waals surface area contributed by atoms with Crippen molar-refractivity contribution < 1.29 is 5.11 Å². The Labute approximate surface area is 134 Å². The van der Waals surface area contributed by atoms with Crippen LogP contribution in [0.2, 0.25) is 0 Å². The van der Waals surface area contributed by atoms with Crippen molar-refractivity contribution in [2.45, 2.75) is 57.5 Å². The lowest BCUT2D eigenvalue weighted by molar-refractivity contribution is -0.0730. The second-order valence-electron chi connectivity index (χ2n) is 8.31. The Morgan fingerprint density at radius 2 is 1.59 bits per heavy atom. The van der Waals surface area contributed by atoms with Gasteiger partial charge in [-0.25, -0.2) is 0 Å². The Morgan fingerprint density at radius 3 is 2.09 bits per heavy atom. The summed E-state index contributed by atoms with van der Waals surface area (Å²) in [6, 6.07) is 11.0. The molecule has 120 valence electrons. The van der Waals surface area contributed by atoms with Crippen molar-refractivity contribution >= 4 is 0 Å². The van der Waals surface area contributed by atoms with E-state index in [9.17, 15) is 5.11 Å². The number of aliphatic hydroxyl groups excluding tert-OH is 1. The molecule has 0 spiro atoms. The fourth-order valence-electron chi connectivity index (χ4n) is 6.13. The van der Waals surface area contributed by atoms with Crippen LogP contribution in [-0.4, -0.2) is 17.8 Å². The SMILES string of the molecule is C[C@@H](N[C@@H](CO)c1ccccc1)C12CC3CC(CC(C3)C1)C2. The maximum Gasteiger partial charge on any atom is 0.0626 e. The van der Waals surface area contributed by atoms with Crippen LogP contribution in [0.1, 0.15) is 57.1 Å². The van der Waals surface area contributed by atoms with Crippen molar-refractivity contribution in [3.8, 4) is 0 Å². The third-order valence-electron chi connectivity index (χ3n) is 6.84. The lowest BCUT2D eigenvalue weighted by Gasteiger charge is -2.59. The molecule has 0 aliphatic heterocycles. The van der Waals surface area contributed by atoms with Crippen LogP contribution in [0.3, 0.4) is 0 Å². The van der Waals surface area contributed by atoms with E-state index in [0.29, 0.717) is 11.5 Å². The minimum absolute atomic E-state index is 0.0733. The van der Waals surface area contributed by atoms with E-state index in [2.05, 4.69) is 36.5 Å². The van der Waals surface area contributed by atoms with Crippen LogP contribution in [-0.2, 0) is 0 Å². The molecule has 0 saturated heterocycles. The van der Waals surface area contributed by atoms with E-state index < -0.39 is 0 Å². The Bertz CT molecular complexity index is 476. The molecule has 1 aromatic rings. The van der Waals surface area contributed by atoms with Crippen molar-refractivity contribution in [2.24, 2.45) is 23.2 Å². The highest BCUT2D eigenvalue weighted by molar-refractivity contribution is 5.19. The van der Waals surface area contributed by atoms with Gasteiger partial charge in [0.25, 0.3) is 0 Å². The first-order chi connectivity index (χ1) is 10.7. The molecule has 0 radical (unpaired) electrons. The molecule has 2 atom stereocenters. The summed E-state index contributed by atoms with van der Waals surface area (Å²) in [4.78, 5) is 0. The third kappa shape index (κ3) is 2.51. The van der Waals surface area contributed by atoms with Crippen molar-refractivity contribution in [3.05, 3.63) is 35.9 Å². The maximum absolute atomic E-state index is 9.85. The molecule has 1 aromatic carbocycles. The van der Waals surface area contributed by atoms with E-state index in [4.69, 9.17) is 0 Å². The van der Waals surface area contributed by atoms with Gasteiger partial charge in [0.05, 0.1) is 12.6 Å². The summed E-state index contributed by atoms with van der Waals surface area (Å²) in [7, 11) is 0. The number of aliphatic hydroxyl groups is 1. The zero-order valence-electron chi connectivity index (χ0n) is 13.7. The minimum Gasteiger partial charge on any atom is -0.394 e. The van der Waals surface area contributed by atoms with E-state index >= 15 is 0 Å². The zero-order valence-corrected chi connectivity index (χ0v) is 13.7. The van der Waals surface area contributed by atoms with E-state index in [1.165, 1.54) is 44.1 Å². The van der Waals surface area contributed by atoms with Crippen LogP contribution in [0.25, 0.3) is 0 Å². The van der Waals surface area contributed by atoms with Crippen LogP contribution in [0.5, 0.6) is 0 Å². The molecule has 2 heteroatoms. The fourth-order valence-corrected chi connectivity index (χ4v) is 6.13. The normalized spacial score (nSPS) is 38.9. The molecule has 4 saturated carbocycles. The van der Waals surface area contributed by atoms with E-state index in [-0.39, 0.29) is 12.6 Å². The quantitative estimate of drug-likeness (QED) is 0.864. The summed E-state index contributed by atoms with van der Waals surface area (Å²) >= 11 is 0. The number of benzene rings is 1. The van der Waals surface area contributed by atoms with Crippen LogP contribution in [0.4, 0.5) is 0 Å². The van der Waals surface area contributed by atoms with Crippen molar-refractivity contribution in [3.63, 3.8) is 0 Å². The van der Waals surface area contributed by atoms with Gasteiger partial charge in [-0.05, 0) is 74.2 Å². The van der Waals surface area contributed by atoms with Crippen LogP contribution >= 0.6 is 0 Å². The van der Waals surface area contributed by atoms with Crippen LogP contribution in [0.15, 0.2) is 30.3 Å². The Hall–Kier alpha value is -0.860. The fraction of sp³-hybridized carbons (Fsp3) is 0.700. The van der Waals surface area contributed by atoms with Crippen LogP contribution in [0, 0.1) is 23.2 Å². The summed E-state index contributed by atoms with van der Waals surface area (Å²) in [5.74, 6) is 2.96. The molecule has 5 rings (SSSR count). The van der Waals surface area contributed by atoms with Gasteiger partial charge in [-0.3, -0.25) is 0 Å². The second kappa shape index (κ2) is 5.65. The second-order valence-corrected chi connectivity index (χ2v) is 8.31. The van der Waals surface area contributed by atoms with Gasteiger partial charge < -0.3 is 10.4 Å². The first-order valence-electron chi connectivity index (χ1n) is 9.10. The van der Waals surface area contributed by atoms with Gasteiger partial charge in [0.2, 0.25) is 0 Å². The number of hydrogen-bond donors (Lipinski definition) is 2. The largest absolute Gasteiger partial charge is 0.394 e. The molecule has 0 heterocycles. The van der Waals surface area contributed by atoms with E-state index in [0.717, 1.165) is 17.8 Å². The minimum atomic E-state index is 0.0733. The average molecular weight is 299 g/mol. The summed E-state index contributed by atoms with van der Waals surface area (Å²) in [6.07, 6.45) is 8.73. The maximum atomic E-state index is 9.85. The molecule has 0 unspecified atom stereocenters. The Balaban J connectivity index is 1.50. The summed E-state index contributed by atoms with van der Waals surface area (Å²) in [5.41, 5.74) is 1.71. The highest BCUT2D eigenvalue weighted by Gasteiger charge is 2.53. The molecule has 22 heavy (non-hydrogen) atoms. The molecule has 2 N–H and O–H groups in total. The molecule has 4 aliphatic rings. The van der Waals surface area contributed by atoms with Gasteiger partial charge in [0, 0.05) is 6.04 Å². The van der Waals surface area contributed by atoms with E-state index in [1.54, 1.807) is 0 Å². The first kappa shape index (κ1) is 14.7. The topological polar surface area (TPSA) is 32.3 Å². The Kier molecular flexibility index (Phi) is 3.78. The molecule has 0 aromatic heterocycles. The van der Waals surface area contributed by atoms with Gasteiger partial charge >= 0.3 is 0 Å². The number of nitrogens with one attached hydrogen (secondary N) is 1. The zero-order chi connectivity index (χ0) is 15.2. The average Bonchev–Trinajstić information content (AvgIpc) is 2.52. The van der Waals surface area contributed by atoms with Crippen molar-refractivity contribution in [2.75, 3.05) is 6.61 Å². The van der Waals surface area contributed by atoms with Gasteiger partial charge in [-0.2, -0.15) is 0 Å². The highest BCUT2D eigenvalue weighted by Crippen LogP contribution is 2.61. The van der Waals surface area contributed by atoms with Gasteiger partial charge in [0.1, 0.15) is 0 Å². The molecule has 0 amide bonds. The summed E-state index contributed by atoms with van der Waals surface area (Å²) < 4.78 is 0. The third-order valence-corrected chi connectivity index (χ3v) is 6.84. The Morgan fingerprint density at radius 1 is 1.05 bits per heavy atom. The summed E-state index contributed by atoms with van der Waals surface area (Å²) in [5, 5.41) is 13.6. The monoisotopic (exact) mass is 299 g/mol. The summed E-state index contributed by atoms with van der Waals surface area (Å²) in [6.45, 7) is 2.56. The standard InChI is InChI=1S/C20H29NO/c1-14(21-19(13-22)18-5-3-2-4-6-18)20-10-15-7-16(11-20)9-17(8-15)12-20/h2-6,14-17,19,21-22H,7-13H2,1H3/t14-,15?,16?,17?,19+,20?/m1/s1. The first-order valence-corrected chi connectivity index (χ1v) is 9.10. The number of rotatable bonds is 5. The lowest BCUT2D eigenvalue weighted by atomic mass is 9.48. The van der Waals surface area contributed by atoms with E-state index in [1.807, 2.05) is 6.07 Å². The molecule has 4 aliphatic carbocycles. The molecule has 2 nitrogen and oxygen atoms in total. The molecular formula is C20H29NO. The van der Waals surface area contributed by atoms with Crippen molar-refractivity contribution in [1.82, 2.24) is 5.32 Å². The molecule has 4 bridgehead atoms. The number of hydrogen-bond acceptors (Lipinski definition) is 2. The predicted octanol–water partition coefficient (Wildman–Crippen LogP) is 3.91. The molecular weight excluding hydrogens is 270 g/mol. The molecule has 4 fully saturated rings. The van der Waals surface area contributed by atoms with Crippen molar-refractivity contribution in [1.29, 1.82) is 0 Å². The van der Waals surface area contributed by atoms with Gasteiger partial charge in [-0.15, -0.1) is 0 Å². The van der Waals surface area contributed by atoms with Gasteiger partial charge in [0.15, 0.2) is 0 Å². The van der Waals surface area contributed by atoms with Crippen LogP contribution < -0.4 is 5.32 Å². The lowest BCUT2D eigenvalue weighted by Crippen LogP contribution is -2.55. The smallest absolute Gasteiger partial charge is 0.0626 e.